The van der Waals surface area contributed by atoms with Crippen LogP contribution in [0.5, 0.6) is 0 Å². The summed E-state index contributed by atoms with van der Waals surface area (Å²) in [7, 11) is -7.37. The number of fused-ring (bicyclic) bond motifs is 1. The van der Waals surface area contributed by atoms with Gasteiger partial charge < -0.3 is 5.32 Å². The molecule has 42 heavy (non-hydrogen) atoms. The molecule has 0 heterocycles. The maximum Gasteiger partial charge on any atom is 0.416 e. The highest BCUT2D eigenvalue weighted by molar-refractivity contribution is 7.90. The van der Waals surface area contributed by atoms with Gasteiger partial charge in [-0.1, -0.05) is 36.4 Å². The molecule has 0 aliphatic heterocycles. The number of hydrogen-bond donors (Lipinski definition) is 2. The molecule has 1 aliphatic carbocycles. The lowest BCUT2D eigenvalue weighted by Gasteiger charge is -2.13. The first kappa shape index (κ1) is 29.5. The third kappa shape index (κ3) is 6.40. The first-order valence-electron chi connectivity index (χ1n) is 12.7. The Balaban J connectivity index is 1.28. The van der Waals surface area contributed by atoms with E-state index in [0.717, 1.165) is 29.5 Å². The summed E-state index contributed by atoms with van der Waals surface area (Å²) in [6.07, 6.45) is -2.62. The number of hydrogen-bond acceptors (Lipinski definition) is 5. The number of halogens is 3. The molecule has 5 rings (SSSR count). The van der Waals surface area contributed by atoms with E-state index >= 15 is 0 Å². The van der Waals surface area contributed by atoms with Crippen LogP contribution in [-0.2, 0) is 38.9 Å². The highest BCUT2D eigenvalue weighted by Crippen LogP contribution is 2.32. The van der Waals surface area contributed by atoms with Gasteiger partial charge in [0.2, 0.25) is 10.0 Å². The maximum atomic E-state index is 13.2. The number of nitrogens with one attached hydrogen (secondary N) is 2. The Morgan fingerprint density at radius 2 is 1.40 bits per heavy atom. The van der Waals surface area contributed by atoms with E-state index in [0.29, 0.717) is 29.7 Å². The molecular formula is C30H25F3N2O5S2. The van der Waals surface area contributed by atoms with Crippen LogP contribution in [0.3, 0.4) is 0 Å². The Hall–Kier alpha value is -4.00. The van der Waals surface area contributed by atoms with Crippen LogP contribution in [0.15, 0.2) is 101 Å². The lowest BCUT2D eigenvalue weighted by Crippen LogP contribution is -2.35. The minimum atomic E-state index is -4.46. The van der Waals surface area contributed by atoms with Gasteiger partial charge in [0.25, 0.3) is 5.91 Å². The first-order chi connectivity index (χ1) is 19.7. The summed E-state index contributed by atoms with van der Waals surface area (Å²) >= 11 is 0. The van der Waals surface area contributed by atoms with Crippen molar-refractivity contribution in [2.75, 3.05) is 11.6 Å². The van der Waals surface area contributed by atoms with E-state index in [1.54, 1.807) is 36.4 Å². The molecule has 1 amide bonds. The number of anilines is 1. The van der Waals surface area contributed by atoms with Crippen molar-refractivity contribution >= 4 is 31.5 Å². The van der Waals surface area contributed by atoms with Gasteiger partial charge >= 0.3 is 6.18 Å². The van der Waals surface area contributed by atoms with Crippen LogP contribution in [0.2, 0.25) is 0 Å². The molecule has 2 N–H and O–H groups in total. The Morgan fingerprint density at radius 1 is 0.786 bits per heavy atom. The predicted molar refractivity (Wildman–Crippen MR) is 152 cm³/mol. The topological polar surface area (TPSA) is 109 Å². The van der Waals surface area contributed by atoms with Gasteiger partial charge in [-0.05, 0) is 89.7 Å². The zero-order chi connectivity index (χ0) is 30.3. The molecule has 12 heteroatoms. The van der Waals surface area contributed by atoms with Crippen LogP contribution < -0.4 is 10.0 Å². The van der Waals surface area contributed by atoms with Gasteiger partial charge in [0.1, 0.15) is 0 Å². The summed E-state index contributed by atoms with van der Waals surface area (Å²) in [4.78, 5) is 13.2. The second-order valence-electron chi connectivity index (χ2n) is 10.0. The van der Waals surface area contributed by atoms with Gasteiger partial charge in [-0.25, -0.2) is 21.6 Å². The minimum absolute atomic E-state index is 0.0197. The standard InChI is InChI=1S/C30H25F3N2O5S2/c1-41(37,38)25-12-14-26(15-13-25)42(39,40)35-24-16-20-8-11-23(17-21(20)18-24)34-29(36)28-5-3-2-4-27(28)19-6-9-22(10-7-19)30(31,32)33/h2-15,17,24,35H,16,18H2,1H3,(H,34,36). The highest BCUT2D eigenvalue weighted by atomic mass is 32.2. The highest BCUT2D eigenvalue weighted by Gasteiger charge is 2.30. The van der Waals surface area contributed by atoms with Gasteiger partial charge in [-0.15, -0.1) is 0 Å². The average Bonchev–Trinajstić information content (AvgIpc) is 3.33. The minimum Gasteiger partial charge on any atom is -0.322 e. The number of rotatable bonds is 7. The van der Waals surface area contributed by atoms with Crippen molar-refractivity contribution in [1.82, 2.24) is 4.72 Å². The number of carbonyl (C=O) groups excluding carboxylic acids is 1. The van der Waals surface area contributed by atoms with Crippen LogP contribution in [0, 0.1) is 0 Å². The molecule has 1 unspecified atom stereocenters. The third-order valence-electron chi connectivity index (χ3n) is 6.98. The third-order valence-corrected chi connectivity index (χ3v) is 9.64. The number of sulfonamides is 1. The summed E-state index contributed by atoms with van der Waals surface area (Å²) < 4.78 is 90.8. The van der Waals surface area contributed by atoms with Crippen LogP contribution in [0.4, 0.5) is 18.9 Å². The zero-order valence-electron chi connectivity index (χ0n) is 22.1. The fourth-order valence-corrected chi connectivity index (χ4v) is 6.77. The van der Waals surface area contributed by atoms with E-state index in [1.165, 1.54) is 36.4 Å². The molecule has 0 bridgehead atoms. The van der Waals surface area contributed by atoms with E-state index in [-0.39, 0.29) is 15.4 Å². The van der Waals surface area contributed by atoms with E-state index < -0.39 is 43.5 Å². The molecule has 0 saturated carbocycles. The molecule has 0 aromatic heterocycles. The van der Waals surface area contributed by atoms with Crippen molar-refractivity contribution in [2.24, 2.45) is 0 Å². The number of amides is 1. The van der Waals surface area contributed by atoms with E-state index in [2.05, 4.69) is 10.0 Å². The SMILES string of the molecule is CS(=O)(=O)c1ccc(S(=O)(=O)NC2Cc3ccc(NC(=O)c4ccccc4-c4ccc(C(F)(F)F)cc4)cc3C2)cc1. The summed E-state index contributed by atoms with van der Waals surface area (Å²) in [5.74, 6) is -0.446. The van der Waals surface area contributed by atoms with Gasteiger partial charge in [-0.2, -0.15) is 13.2 Å². The van der Waals surface area contributed by atoms with E-state index in [4.69, 9.17) is 0 Å². The number of benzene rings is 4. The quantitative estimate of drug-likeness (QED) is 0.287. The monoisotopic (exact) mass is 614 g/mol. The predicted octanol–water partition coefficient (Wildman–Crippen LogP) is 5.47. The molecular weight excluding hydrogens is 589 g/mol. The Labute approximate surface area is 241 Å². The molecule has 0 radical (unpaired) electrons. The van der Waals surface area contributed by atoms with Crippen molar-refractivity contribution in [3.63, 3.8) is 0 Å². The fraction of sp³-hybridized carbons (Fsp3) is 0.167. The van der Waals surface area contributed by atoms with Gasteiger partial charge in [0.15, 0.2) is 9.84 Å². The Kier molecular flexibility index (Phi) is 7.73. The summed E-state index contributed by atoms with van der Waals surface area (Å²) in [6, 6.07) is 21.0. The number of sulfone groups is 1. The molecule has 7 nitrogen and oxygen atoms in total. The lowest BCUT2D eigenvalue weighted by atomic mass is 9.98. The first-order valence-corrected chi connectivity index (χ1v) is 16.1. The van der Waals surface area contributed by atoms with Crippen LogP contribution in [0.1, 0.15) is 27.0 Å². The second-order valence-corrected chi connectivity index (χ2v) is 13.8. The summed E-state index contributed by atoms with van der Waals surface area (Å²) in [5.41, 5.74) is 2.69. The molecule has 0 spiro atoms. The van der Waals surface area contributed by atoms with E-state index in [9.17, 15) is 34.8 Å². The molecule has 1 aliphatic rings. The molecule has 0 fully saturated rings. The van der Waals surface area contributed by atoms with Crippen molar-refractivity contribution in [3.8, 4) is 11.1 Å². The van der Waals surface area contributed by atoms with E-state index in [1.807, 2.05) is 6.07 Å². The van der Waals surface area contributed by atoms with Crippen molar-refractivity contribution in [3.05, 3.63) is 113 Å². The number of alkyl halides is 3. The van der Waals surface area contributed by atoms with Crippen molar-refractivity contribution < 1.29 is 34.8 Å². The molecule has 218 valence electrons. The van der Waals surface area contributed by atoms with Crippen LogP contribution in [0.25, 0.3) is 11.1 Å². The zero-order valence-corrected chi connectivity index (χ0v) is 23.8. The Bertz CT molecular complexity index is 1870. The Morgan fingerprint density at radius 3 is 2.05 bits per heavy atom. The fourth-order valence-electron chi connectivity index (χ4n) is 4.90. The van der Waals surface area contributed by atoms with Crippen LogP contribution >= 0.6 is 0 Å². The normalized spacial score (nSPS) is 15.3. The van der Waals surface area contributed by atoms with Crippen LogP contribution in [-0.4, -0.2) is 35.0 Å². The molecule has 4 aromatic carbocycles. The van der Waals surface area contributed by atoms with Gasteiger partial charge in [-0.3, -0.25) is 4.79 Å². The van der Waals surface area contributed by atoms with Gasteiger partial charge in [0, 0.05) is 23.5 Å². The van der Waals surface area contributed by atoms with Crippen molar-refractivity contribution in [2.45, 2.75) is 34.9 Å². The average molecular weight is 615 g/mol. The second kappa shape index (κ2) is 11.0. The summed E-state index contributed by atoms with van der Waals surface area (Å²) in [5, 5.41) is 2.83. The molecule has 0 saturated heterocycles. The lowest BCUT2D eigenvalue weighted by molar-refractivity contribution is -0.137. The smallest absolute Gasteiger partial charge is 0.322 e. The molecule has 4 aromatic rings. The number of carbonyl (C=O) groups is 1. The maximum absolute atomic E-state index is 13.2. The molecule has 1 atom stereocenters. The largest absolute Gasteiger partial charge is 0.416 e. The summed E-state index contributed by atoms with van der Waals surface area (Å²) in [6.45, 7) is 0. The van der Waals surface area contributed by atoms with Gasteiger partial charge in [0.05, 0.1) is 15.4 Å². The van der Waals surface area contributed by atoms with Crippen molar-refractivity contribution in [1.29, 1.82) is 0 Å².